The number of hydrogen-bond donors (Lipinski definition) is 2. The first-order valence-electron chi connectivity index (χ1n) is 4.76. The summed E-state index contributed by atoms with van der Waals surface area (Å²) in [6.07, 6.45) is 0. The molecule has 1 aromatic rings. The molecule has 82 valence electrons. The van der Waals surface area contributed by atoms with E-state index in [-0.39, 0.29) is 12.5 Å². The lowest BCUT2D eigenvalue weighted by molar-refractivity contribution is -0.117. The SMILES string of the molecule is COc1ccc(C)cc1CNCC(N)=O. The van der Waals surface area contributed by atoms with E-state index in [1.54, 1.807) is 7.11 Å². The van der Waals surface area contributed by atoms with Crippen LogP contribution in [0.4, 0.5) is 0 Å². The summed E-state index contributed by atoms with van der Waals surface area (Å²) < 4.78 is 5.20. The van der Waals surface area contributed by atoms with Gasteiger partial charge in [0.25, 0.3) is 0 Å². The van der Waals surface area contributed by atoms with Gasteiger partial charge in [0.1, 0.15) is 5.75 Å². The van der Waals surface area contributed by atoms with Crippen molar-refractivity contribution in [2.75, 3.05) is 13.7 Å². The van der Waals surface area contributed by atoms with E-state index < -0.39 is 0 Å². The third-order valence-electron chi connectivity index (χ3n) is 2.05. The molecule has 0 saturated carbocycles. The van der Waals surface area contributed by atoms with Crippen molar-refractivity contribution >= 4 is 5.91 Å². The van der Waals surface area contributed by atoms with Gasteiger partial charge in [-0.2, -0.15) is 0 Å². The third-order valence-corrected chi connectivity index (χ3v) is 2.05. The Morgan fingerprint density at radius 2 is 2.27 bits per heavy atom. The second-order valence-corrected chi connectivity index (χ2v) is 3.39. The van der Waals surface area contributed by atoms with Crippen molar-refractivity contribution < 1.29 is 9.53 Å². The number of carbonyl (C=O) groups excluding carboxylic acids is 1. The number of methoxy groups -OCH3 is 1. The Bertz CT molecular complexity index is 350. The summed E-state index contributed by atoms with van der Waals surface area (Å²) in [4.78, 5) is 10.5. The van der Waals surface area contributed by atoms with Gasteiger partial charge in [-0.3, -0.25) is 4.79 Å². The third kappa shape index (κ3) is 3.59. The van der Waals surface area contributed by atoms with Crippen LogP contribution in [0.3, 0.4) is 0 Å². The average molecular weight is 208 g/mol. The maximum atomic E-state index is 10.5. The molecule has 0 unspecified atom stereocenters. The quantitative estimate of drug-likeness (QED) is 0.744. The molecular formula is C11H16N2O2. The summed E-state index contributed by atoms with van der Waals surface area (Å²) in [6.45, 7) is 2.77. The van der Waals surface area contributed by atoms with Crippen LogP contribution in [0.1, 0.15) is 11.1 Å². The molecule has 1 rings (SSSR count). The molecule has 4 heteroatoms. The van der Waals surface area contributed by atoms with Crippen LogP contribution in [-0.4, -0.2) is 19.6 Å². The molecule has 0 atom stereocenters. The van der Waals surface area contributed by atoms with Gasteiger partial charge in [0.05, 0.1) is 13.7 Å². The lowest BCUT2D eigenvalue weighted by Gasteiger charge is -2.09. The highest BCUT2D eigenvalue weighted by atomic mass is 16.5. The molecule has 0 aliphatic rings. The highest BCUT2D eigenvalue weighted by molar-refractivity contribution is 5.75. The first-order chi connectivity index (χ1) is 7.13. The van der Waals surface area contributed by atoms with Gasteiger partial charge in [-0.1, -0.05) is 17.7 Å². The minimum Gasteiger partial charge on any atom is -0.496 e. The van der Waals surface area contributed by atoms with Crippen molar-refractivity contribution in [3.63, 3.8) is 0 Å². The maximum absolute atomic E-state index is 10.5. The van der Waals surface area contributed by atoms with Crippen LogP contribution in [0.5, 0.6) is 5.75 Å². The molecule has 0 aromatic heterocycles. The zero-order chi connectivity index (χ0) is 11.3. The van der Waals surface area contributed by atoms with Crippen LogP contribution in [-0.2, 0) is 11.3 Å². The van der Waals surface area contributed by atoms with Crippen LogP contribution in [0.2, 0.25) is 0 Å². The molecule has 0 heterocycles. The summed E-state index contributed by atoms with van der Waals surface area (Å²) in [5.74, 6) is 0.458. The van der Waals surface area contributed by atoms with Crippen LogP contribution in [0.25, 0.3) is 0 Å². The smallest absolute Gasteiger partial charge is 0.231 e. The number of carbonyl (C=O) groups is 1. The van der Waals surface area contributed by atoms with Crippen molar-refractivity contribution in [3.8, 4) is 5.75 Å². The average Bonchev–Trinajstić information content (AvgIpc) is 2.17. The van der Waals surface area contributed by atoms with E-state index in [9.17, 15) is 4.79 Å². The highest BCUT2D eigenvalue weighted by Crippen LogP contribution is 2.18. The predicted molar refractivity (Wildman–Crippen MR) is 58.6 cm³/mol. The Kier molecular flexibility index (Phi) is 4.12. The molecule has 0 bridgehead atoms. The lowest BCUT2D eigenvalue weighted by Crippen LogP contribution is -2.28. The molecule has 0 fully saturated rings. The first kappa shape index (κ1) is 11.5. The molecule has 0 spiro atoms. The Morgan fingerprint density at radius 3 is 2.87 bits per heavy atom. The molecule has 15 heavy (non-hydrogen) atoms. The molecule has 1 amide bonds. The largest absolute Gasteiger partial charge is 0.496 e. The summed E-state index contributed by atoms with van der Waals surface area (Å²) in [7, 11) is 1.63. The number of benzene rings is 1. The molecule has 0 saturated heterocycles. The van der Waals surface area contributed by atoms with Gasteiger partial charge in [0, 0.05) is 12.1 Å². The maximum Gasteiger partial charge on any atom is 0.231 e. The van der Waals surface area contributed by atoms with Gasteiger partial charge in [0.15, 0.2) is 0 Å². The predicted octanol–water partition coefficient (Wildman–Crippen LogP) is 0.579. The summed E-state index contributed by atoms with van der Waals surface area (Å²) in [5.41, 5.74) is 7.21. The van der Waals surface area contributed by atoms with E-state index in [1.165, 1.54) is 0 Å². The number of rotatable bonds is 5. The van der Waals surface area contributed by atoms with E-state index in [4.69, 9.17) is 10.5 Å². The number of amides is 1. The Labute approximate surface area is 89.4 Å². The van der Waals surface area contributed by atoms with Crippen molar-refractivity contribution in [2.24, 2.45) is 5.73 Å². The molecule has 1 aromatic carbocycles. The summed E-state index contributed by atoms with van der Waals surface area (Å²) in [6, 6.07) is 5.92. The van der Waals surface area contributed by atoms with Crippen molar-refractivity contribution in [1.82, 2.24) is 5.32 Å². The lowest BCUT2D eigenvalue weighted by atomic mass is 10.1. The highest BCUT2D eigenvalue weighted by Gasteiger charge is 2.03. The Morgan fingerprint density at radius 1 is 1.53 bits per heavy atom. The normalized spacial score (nSPS) is 10.0. The van der Waals surface area contributed by atoms with E-state index in [2.05, 4.69) is 5.32 Å². The summed E-state index contributed by atoms with van der Waals surface area (Å²) >= 11 is 0. The van der Waals surface area contributed by atoms with Gasteiger partial charge in [-0.25, -0.2) is 0 Å². The number of ether oxygens (including phenoxy) is 1. The van der Waals surface area contributed by atoms with Gasteiger partial charge < -0.3 is 15.8 Å². The zero-order valence-electron chi connectivity index (χ0n) is 9.04. The fourth-order valence-corrected chi connectivity index (χ4v) is 1.37. The minimum absolute atomic E-state index is 0.178. The topological polar surface area (TPSA) is 64.3 Å². The molecule has 3 N–H and O–H groups in total. The molecule has 0 radical (unpaired) electrons. The zero-order valence-corrected chi connectivity index (χ0v) is 9.04. The van der Waals surface area contributed by atoms with E-state index in [1.807, 2.05) is 25.1 Å². The molecule has 4 nitrogen and oxygen atoms in total. The summed E-state index contributed by atoms with van der Waals surface area (Å²) in [5, 5.41) is 2.95. The number of hydrogen-bond acceptors (Lipinski definition) is 3. The minimum atomic E-state index is -0.360. The van der Waals surface area contributed by atoms with Gasteiger partial charge in [-0.15, -0.1) is 0 Å². The van der Waals surface area contributed by atoms with Gasteiger partial charge >= 0.3 is 0 Å². The number of primary amides is 1. The molecule has 0 aliphatic carbocycles. The van der Waals surface area contributed by atoms with Crippen molar-refractivity contribution in [1.29, 1.82) is 0 Å². The Hall–Kier alpha value is -1.55. The van der Waals surface area contributed by atoms with Crippen molar-refractivity contribution in [2.45, 2.75) is 13.5 Å². The van der Waals surface area contributed by atoms with E-state index >= 15 is 0 Å². The van der Waals surface area contributed by atoms with E-state index in [0.29, 0.717) is 6.54 Å². The number of aryl methyl sites for hydroxylation is 1. The fourth-order valence-electron chi connectivity index (χ4n) is 1.37. The second kappa shape index (κ2) is 5.36. The number of nitrogens with one attached hydrogen (secondary N) is 1. The molecule has 0 aliphatic heterocycles. The van der Waals surface area contributed by atoms with Crippen LogP contribution < -0.4 is 15.8 Å². The van der Waals surface area contributed by atoms with Crippen molar-refractivity contribution in [3.05, 3.63) is 29.3 Å². The fraction of sp³-hybridized carbons (Fsp3) is 0.364. The van der Waals surface area contributed by atoms with Crippen LogP contribution >= 0.6 is 0 Å². The van der Waals surface area contributed by atoms with E-state index in [0.717, 1.165) is 16.9 Å². The first-order valence-corrected chi connectivity index (χ1v) is 4.76. The van der Waals surface area contributed by atoms with Crippen LogP contribution in [0, 0.1) is 6.92 Å². The molecular weight excluding hydrogens is 192 g/mol. The Balaban J connectivity index is 2.65. The second-order valence-electron chi connectivity index (χ2n) is 3.39. The standard InChI is InChI=1S/C11H16N2O2/c1-8-3-4-10(15-2)9(5-8)6-13-7-11(12)14/h3-5,13H,6-7H2,1-2H3,(H2,12,14). The number of nitrogens with two attached hydrogens (primary N) is 1. The monoisotopic (exact) mass is 208 g/mol. The van der Waals surface area contributed by atoms with Gasteiger partial charge in [-0.05, 0) is 13.0 Å². The van der Waals surface area contributed by atoms with Crippen LogP contribution in [0.15, 0.2) is 18.2 Å². The van der Waals surface area contributed by atoms with Gasteiger partial charge in [0.2, 0.25) is 5.91 Å².